The molecule has 0 radical (unpaired) electrons. The standard InChI is InChI=1S/C18H35N5O/c1-4-19-18(21-14-17(24)23-11-7-8-12-23)20-13-16(15(2)3)22-9-5-6-10-22/h15-16H,4-14H2,1-3H3,(H2,19,20,21). The van der Waals surface area contributed by atoms with E-state index in [1.165, 1.54) is 25.9 Å². The zero-order chi connectivity index (χ0) is 17.4. The van der Waals surface area contributed by atoms with Crippen LogP contribution in [0.3, 0.4) is 0 Å². The zero-order valence-electron chi connectivity index (χ0n) is 15.7. The second-order valence-electron chi connectivity index (χ2n) is 7.22. The molecule has 2 aliphatic rings. The first kappa shape index (κ1) is 19.0. The molecule has 1 unspecified atom stereocenters. The molecule has 24 heavy (non-hydrogen) atoms. The molecular weight excluding hydrogens is 302 g/mol. The predicted molar refractivity (Wildman–Crippen MR) is 99.2 cm³/mol. The normalized spacial score (nSPS) is 20.7. The minimum absolute atomic E-state index is 0.143. The number of carbonyl (C=O) groups excluding carboxylic acids is 1. The summed E-state index contributed by atoms with van der Waals surface area (Å²) in [6.07, 6.45) is 4.86. The molecule has 0 aromatic heterocycles. The van der Waals surface area contributed by atoms with Crippen LogP contribution >= 0.6 is 0 Å². The Morgan fingerprint density at radius 3 is 2.25 bits per heavy atom. The van der Waals surface area contributed by atoms with E-state index in [1.807, 2.05) is 4.90 Å². The molecule has 2 rings (SSSR count). The van der Waals surface area contributed by atoms with Gasteiger partial charge in [-0.3, -0.25) is 9.69 Å². The summed E-state index contributed by atoms with van der Waals surface area (Å²) in [5.74, 6) is 1.50. The van der Waals surface area contributed by atoms with Crippen LogP contribution in [-0.4, -0.2) is 73.5 Å². The van der Waals surface area contributed by atoms with Gasteiger partial charge in [-0.25, -0.2) is 4.99 Å². The van der Waals surface area contributed by atoms with Crippen LogP contribution in [0.25, 0.3) is 0 Å². The van der Waals surface area contributed by atoms with Gasteiger partial charge in [0.15, 0.2) is 5.96 Å². The Bertz CT molecular complexity index is 412. The summed E-state index contributed by atoms with van der Waals surface area (Å²) in [5, 5.41) is 6.71. The Balaban J connectivity index is 1.86. The van der Waals surface area contributed by atoms with Crippen molar-refractivity contribution in [3.8, 4) is 0 Å². The molecule has 0 bridgehead atoms. The summed E-state index contributed by atoms with van der Waals surface area (Å²) in [5.41, 5.74) is 0. The second kappa shape index (κ2) is 9.87. The maximum absolute atomic E-state index is 12.2. The molecule has 2 aliphatic heterocycles. The van der Waals surface area contributed by atoms with Gasteiger partial charge >= 0.3 is 0 Å². The number of nitrogens with one attached hydrogen (secondary N) is 2. The number of aliphatic imine (C=N–C) groups is 1. The van der Waals surface area contributed by atoms with Gasteiger partial charge in [0.1, 0.15) is 6.54 Å². The molecular formula is C18H35N5O. The number of hydrogen-bond donors (Lipinski definition) is 2. The molecule has 2 saturated heterocycles. The largest absolute Gasteiger partial charge is 0.357 e. The van der Waals surface area contributed by atoms with Crippen molar-refractivity contribution in [1.82, 2.24) is 20.4 Å². The van der Waals surface area contributed by atoms with Crippen molar-refractivity contribution in [3.05, 3.63) is 0 Å². The molecule has 0 saturated carbocycles. The fourth-order valence-corrected chi connectivity index (χ4v) is 3.62. The molecule has 2 fully saturated rings. The van der Waals surface area contributed by atoms with Gasteiger partial charge in [-0.15, -0.1) is 0 Å². The van der Waals surface area contributed by atoms with Gasteiger partial charge in [0.2, 0.25) is 5.91 Å². The average Bonchev–Trinajstić information content (AvgIpc) is 3.25. The molecule has 0 aromatic carbocycles. The number of carbonyl (C=O) groups is 1. The van der Waals surface area contributed by atoms with Gasteiger partial charge in [-0.05, 0) is 51.6 Å². The maximum Gasteiger partial charge on any atom is 0.244 e. The molecule has 0 spiro atoms. The maximum atomic E-state index is 12.2. The number of rotatable bonds is 7. The fourth-order valence-electron chi connectivity index (χ4n) is 3.62. The molecule has 6 heteroatoms. The predicted octanol–water partition coefficient (Wildman–Crippen LogP) is 1.28. The fraction of sp³-hybridized carbons (Fsp3) is 0.889. The lowest BCUT2D eigenvalue weighted by Gasteiger charge is -2.31. The van der Waals surface area contributed by atoms with Crippen molar-refractivity contribution in [3.63, 3.8) is 0 Å². The summed E-state index contributed by atoms with van der Waals surface area (Å²) >= 11 is 0. The summed E-state index contributed by atoms with van der Waals surface area (Å²) < 4.78 is 0. The molecule has 1 atom stereocenters. The van der Waals surface area contributed by atoms with Gasteiger partial charge < -0.3 is 15.5 Å². The van der Waals surface area contributed by atoms with Crippen LogP contribution in [0.5, 0.6) is 0 Å². The third-order valence-corrected chi connectivity index (χ3v) is 5.03. The lowest BCUT2D eigenvalue weighted by atomic mass is 10.0. The Morgan fingerprint density at radius 1 is 1.04 bits per heavy atom. The van der Waals surface area contributed by atoms with Gasteiger partial charge in [0.25, 0.3) is 0 Å². The van der Waals surface area contributed by atoms with E-state index in [0.717, 1.165) is 45.0 Å². The molecule has 2 N–H and O–H groups in total. The van der Waals surface area contributed by atoms with Crippen LogP contribution in [0.1, 0.15) is 46.5 Å². The van der Waals surface area contributed by atoms with Crippen LogP contribution in [0, 0.1) is 5.92 Å². The van der Waals surface area contributed by atoms with Crippen molar-refractivity contribution < 1.29 is 4.79 Å². The second-order valence-corrected chi connectivity index (χ2v) is 7.22. The van der Waals surface area contributed by atoms with E-state index in [1.54, 1.807) is 0 Å². The minimum Gasteiger partial charge on any atom is -0.357 e. The molecule has 6 nitrogen and oxygen atoms in total. The van der Waals surface area contributed by atoms with Crippen molar-refractivity contribution in [1.29, 1.82) is 0 Å². The SMILES string of the molecule is CCNC(=NCC(=O)N1CCCC1)NCC(C(C)C)N1CCCC1. The van der Waals surface area contributed by atoms with Crippen LogP contribution in [0.4, 0.5) is 0 Å². The van der Waals surface area contributed by atoms with E-state index in [2.05, 4.69) is 41.3 Å². The highest BCUT2D eigenvalue weighted by molar-refractivity contribution is 5.85. The quantitative estimate of drug-likeness (QED) is 0.543. The number of likely N-dealkylation sites (tertiary alicyclic amines) is 2. The van der Waals surface area contributed by atoms with Crippen molar-refractivity contribution in [2.75, 3.05) is 45.8 Å². The lowest BCUT2D eigenvalue weighted by Crippen LogP contribution is -2.48. The van der Waals surface area contributed by atoms with Crippen LogP contribution in [0.2, 0.25) is 0 Å². The van der Waals surface area contributed by atoms with Gasteiger partial charge in [-0.2, -0.15) is 0 Å². The van der Waals surface area contributed by atoms with E-state index in [9.17, 15) is 4.79 Å². The van der Waals surface area contributed by atoms with Crippen molar-refractivity contribution in [2.45, 2.75) is 52.5 Å². The van der Waals surface area contributed by atoms with Crippen LogP contribution in [0.15, 0.2) is 4.99 Å². The minimum atomic E-state index is 0.143. The number of hydrogen-bond acceptors (Lipinski definition) is 3. The topological polar surface area (TPSA) is 60.0 Å². The Labute approximate surface area is 147 Å². The van der Waals surface area contributed by atoms with Gasteiger partial charge in [0, 0.05) is 32.2 Å². The zero-order valence-corrected chi connectivity index (χ0v) is 15.7. The highest BCUT2D eigenvalue weighted by Crippen LogP contribution is 2.17. The number of amides is 1. The van der Waals surface area contributed by atoms with E-state index < -0.39 is 0 Å². The first-order chi connectivity index (χ1) is 11.6. The molecule has 0 aliphatic carbocycles. The Kier molecular flexibility index (Phi) is 7.82. The van der Waals surface area contributed by atoms with E-state index in [-0.39, 0.29) is 12.5 Å². The van der Waals surface area contributed by atoms with Crippen LogP contribution < -0.4 is 10.6 Å². The first-order valence-electron chi connectivity index (χ1n) is 9.65. The van der Waals surface area contributed by atoms with Gasteiger partial charge in [-0.1, -0.05) is 13.8 Å². The molecule has 138 valence electrons. The van der Waals surface area contributed by atoms with Crippen molar-refractivity contribution >= 4 is 11.9 Å². The summed E-state index contributed by atoms with van der Waals surface area (Å²) in [6.45, 7) is 12.7. The van der Waals surface area contributed by atoms with E-state index >= 15 is 0 Å². The van der Waals surface area contributed by atoms with Gasteiger partial charge in [0.05, 0.1) is 0 Å². The summed E-state index contributed by atoms with van der Waals surface area (Å²) in [4.78, 5) is 21.2. The monoisotopic (exact) mass is 337 g/mol. The Morgan fingerprint density at radius 2 is 1.67 bits per heavy atom. The van der Waals surface area contributed by atoms with E-state index in [4.69, 9.17) is 0 Å². The summed E-state index contributed by atoms with van der Waals surface area (Å²) in [7, 11) is 0. The van der Waals surface area contributed by atoms with E-state index in [0.29, 0.717) is 12.0 Å². The molecule has 2 heterocycles. The number of nitrogens with zero attached hydrogens (tertiary/aromatic N) is 3. The molecule has 1 amide bonds. The van der Waals surface area contributed by atoms with Crippen LogP contribution in [-0.2, 0) is 4.79 Å². The third kappa shape index (κ3) is 5.65. The smallest absolute Gasteiger partial charge is 0.244 e. The summed E-state index contributed by atoms with van der Waals surface area (Å²) in [6, 6.07) is 0.519. The molecule has 0 aromatic rings. The number of guanidine groups is 1. The highest BCUT2D eigenvalue weighted by atomic mass is 16.2. The van der Waals surface area contributed by atoms with Crippen molar-refractivity contribution in [2.24, 2.45) is 10.9 Å². The highest BCUT2D eigenvalue weighted by Gasteiger charge is 2.24. The average molecular weight is 338 g/mol. The third-order valence-electron chi connectivity index (χ3n) is 5.03. The lowest BCUT2D eigenvalue weighted by molar-refractivity contribution is -0.128. The Hall–Kier alpha value is -1.30. The first-order valence-corrected chi connectivity index (χ1v) is 9.65.